The third kappa shape index (κ3) is 1.56. The van der Waals surface area contributed by atoms with Crippen LogP contribution in [0.3, 0.4) is 0 Å². The molecule has 0 radical (unpaired) electrons. The van der Waals surface area contributed by atoms with E-state index in [9.17, 15) is 0 Å². The van der Waals surface area contributed by atoms with E-state index in [2.05, 4.69) is 30.6 Å². The van der Waals surface area contributed by atoms with E-state index in [1.54, 1.807) is 16.7 Å². The molecule has 18 heavy (non-hydrogen) atoms. The summed E-state index contributed by atoms with van der Waals surface area (Å²) >= 11 is 0. The molecular formula is C17H23N. The van der Waals surface area contributed by atoms with Crippen molar-refractivity contribution in [3.05, 3.63) is 34.9 Å². The van der Waals surface area contributed by atoms with Crippen LogP contribution in [0.2, 0.25) is 0 Å². The van der Waals surface area contributed by atoms with E-state index in [-0.39, 0.29) is 0 Å². The third-order valence-corrected chi connectivity index (χ3v) is 5.65. The summed E-state index contributed by atoms with van der Waals surface area (Å²) in [5.41, 5.74) is 4.78. The summed E-state index contributed by atoms with van der Waals surface area (Å²) in [7, 11) is 2.14. The van der Waals surface area contributed by atoms with Gasteiger partial charge in [-0.05, 0) is 73.6 Å². The van der Waals surface area contributed by atoms with Crippen LogP contribution in [-0.2, 0) is 12.8 Å². The molecule has 0 saturated heterocycles. The van der Waals surface area contributed by atoms with Crippen molar-refractivity contribution in [3.63, 3.8) is 0 Å². The van der Waals surface area contributed by atoms with E-state index in [1.165, 1.54) is 38.5 Å². The van der Waals surface area contributed by atoms with Gasteiger partial charge in [0.2, 0.25) is 0 Å². The Hall–Kier alpha value is -0.820. The van der Waals surface area contributed by atoms with Crippen molar-refractivity contribution in [2.24, 2.45) is 17.8 Å². The standard InChI is InChI=1S/C17H23N/c1-18-17(16-14-6-3-7-15(14)16)13-9-8-11-4-2-5-12(11)10-13/h8-10,14-18H,2-7H2,1H3. The lowest BCUT2D eigenvalue weighted by molar-refractivity contribution is 0.444. The second-order valence-electron chi connectivity index (χ2n) is 6.48. The zero-order valence-corrected chi connectivity index (χ0v) is 11.3. The molecule has 1 N–H and O–H groups in total. The molecule has 0 spiro atoms. The highest BCUT2D eigenvalue weighted by Gasteiger charge is 2.55. The van der Waals surface area contributed by atoms with E-state index in [4.69, 9.17) is 0 Å². The molecule has 3 aliphatic rings. The molecule has 3 atom stereocenters. The molecule has 4 rings (SSSR count). The van der Waals surface area contributed by atoms with Crippen LogP contribution in [0.4, 0.5) is 0 Å². The minimum absolute atomic E-state index is 0.617. The second-order valence-corrected chi connectivity index (χ2v) is 6.48. The molecule has 1 aromatic rings. The predicted molar refractivity (Wildman–Crippen MR) is 74.6 cm³/mol. The van der Waals surface area contributed by atoms with Gasteiger partial charge in [0.25, 0.3) is 0 Å². The maximum atomic E-state index is 3.60. The summed E-state index contributed by atoms with van der Waals surface area (Å²) < 4.78 is 0. The molecule has 96 valence electrons. The van der Waals surface area contributed by atoms with Gasteiger partial charge in [0.05, 0.1) is 0 Å². The Morgan fingerprint density at radius 1 is 1.06 bits per heavy atom. The zero-order chi connectivity index (χ0) is 12.1. The van der Waals surface area contributed by atoms with Crippen LogP contribution in [0.25, 0.3) is 0 Å². The average Bonchev–Trinajstić information content (AvgIpc) is 2.83. The van der Waals surface area contributed by atoms with Crippen LogP contribution in [-0.4, -0.2) is 7.05 Å². The molecule has 2 fully saturated rings. The topological polar surface area (TPSA) is 12.0 Å². The first-order valence-corrected chi connectivity index (χ1v) is 7.67. The lowest BCUT2D eigenvalue weighted by Gasteiger charge is -2.19. The highest BCUT2D eigenvalue weighted by Crippen LogP contribution is 2.62. The summed E-state index contributed by atoms with van der Waals surface area (Å²) in [5.74, 6) is 3.01. The van der Waals surface area contributed by atoms with Crippen molar-refractivity contribution in [3.8, 4) is 0 Å². The molecule has 0 aliphatic heterocycles. The molecule has 1 nitrogen and oxygen atoms in total. The zero-order valence-electron chi connectivity index (χ0n) is 11.3. The molecule has 1 aromatic carbocycles. The molecule has 3 aliphatic carbocycles. The Bertz CT molecular complexity index is 455. The molecule has 3 unspecified atom stereocenters. The fraction of sp³-hybridized carbons (Fsp3) is 0.647. The summed E-state index contributed by atoms with van der Waals surface area (Å²) in [5, 5.41) is 3.60. The van der Waals surface area contributed by atoms with Gasteiger partial charge in [0.1, 0.15) is 0 Å². The van der Waals surface area contributed by atoms with Crippen molar-refractivity contribution < 1.29 is 0 Å². The van der Waals surface area contributed by atoms with Gasteiger partial charge in [-0.2, -0.15) is 0 Å². The highest BCUT2D eigenvalue weighted by molar-refractivity contribution is 5.37. The van der Waals surface area contributed by atoms with Crippen LogP contribution >= 0.6 is 0 Å². The molecule has 0 aromatic heterocycles. The maximum absolute atomic E-state index is 3.60. The van der Waals surface area contributed by atoms with Crippen molar-refractivity contribution >= 4 is 0 Å². The van der Waals surface area contributed by atoms with Crippen LogP contribution in [0.1, 0.15) is 48.4 Å². The van der Waals surface area contributed by atoms with E-state index < -0.39 is 0 Å². The predicted octanol–water partition coefficient (Wildman–Crippen LogP) is 3.48. The van der Waals surface area contributed by atoms with Crippen molar-refractivity contribution in [2.45, 2.75) is 44.6 Å². The monoisotopic (exact) mass is 241 g/mol. The van der Waals surface area contributed by atoms with Gasteiger partial charge in [-0.1, -0.05) is 24.6 Å². The summed E-state index contributed by atoms with van der Waals surface area (Å²) in [6, 6.07) is 7.89. The van der Waals surface area contributed by atoms with E-state index >= 15 is 0 Å². The number of hydrogen-bond donors (Lipinski definition) is 1. The van der Waals surface area contributed by atoms with Crippen LogP contribution in [0, 0.1) is 17.8 Å². The van der Waals surface area contributed by atoms with Gasteiger partial charge in [0, 0.05) is 6.04 Å². The van der Waals surface area contributed by atoms with Gasteiger partial charge in [-0.3, -0.25) is 0 Å². The van der Waals surface area contributed by atoms with Crippen LogP contribution < -0.4 is 5.32 Å². The molecule has 0 amide bonds. The fourth-order valence-electron chi connectivity index (χ4n) is 4.74. The Balaban J connectivity index is 1.61. The molecule has 0 bridgehead atoms. The van der Waals surface area contributed by atoms with E-state index in [1.807, 2.05) is 0 Å². The van der Waals surface area contributed by atoms with Crippen LogP contribution in [0.15, 0.2) is 18.2 Å². The van der Waals surface area contributed by atoms with Gasteiger partial charge in [-0.15, -0.1) is 0 Å². The average molecular weight is 241 g/mol. The Morgan fingerprint density at radius 2 is 1.83 bits per heavy atom. The lowest BCUT2D eigenvalue weighted by atomic mass is 9.94. The van der Waals surface area contributed by atoms with E-state index in [0.717, 1.165) is 17.8 Å². The normalized spacial score (nSPS) is 34.2. The van der Waals surface area contributed by atoms with Crippen molar-refractivity contribution in [2.75, 3.05) is 7.05 Å². The van der Waals surface area contributed by atoms with Gasteiger partial charge >= 0.3 is 0 Å². The lowest BCUT2D eigenvalue weighted by Crippen LogP contribution is -2.20. The number of nitrogens with one attached hydrogen (secondary N) is 1. The third-order valence-electron chi connectivity index (χ3n) is 5.65. The smallest absolute Gasteiger partial charge is 0.0351 e. The molecular weight excluding hydrogens is 218 g/mol. The summed E-state index contributed by atoms with van der Waals surface area (Å²) in [6.45, 7) is 0. The summed E-state index contributed by atoms with van der Waals surface area (Å²) in [4.78, 5) is 0. The quantitative estimate of drug-likeness (QED) is 0.854. The summed E-state index contributed by atoms with van der Waals surface area (Å²) in [6.07, 6.45) is 8.41. The van der Waals surface area contributed by atoms with Crippen molar-refractivity contribution in [1.29, 1.82) is 0 Å². The number of rotatable bonds is 3. The number of fused-ring (bicyclic) bond motifs is 2. The maximum Gasteiger partial charge on any atom is 0.0351 e. The van der Waals surface area contributed by atoms with Crippen LogP contribution in [0.5, 0.6) is 0 Å². The molecule has 2 saturated carbocycles. The fourth-order valence-corrected chi connectivity index (χ4v) is 4.74. The van der Waals surface area contributed by atoms with Gasteiger partial charge < -0.3 is 5.32 Å². The Kier molecular flexibility index (Phi) is 2.51. The largest absolute Gasteiger partial charge is 0.313 e. The van der Waals surface area contributed by atoms with Gasteiger partial charge in [0.15, 0.2) is 0 Å². The van der Waals surface area contributed by atoms with E-state index in [0.29, 0.717) is 6.04 Å². The number of benzene rings is 1. The Morgan fingerprint density at radius 3 is 2.61 bits per heavy atom. The highest BCUT2D eigenvalue weighted by atomic mass is 14.9. The Labute approximate surface area is 110 Å². The first kappa shape index (κ1) is 11.0. The van der Waals surface area contributed by atoms with Gasteiger partial charge in [-0.25, -0.2) is 0 Å². The van der Waals surface area contributed by atoms with Crippen molar-refractivity contribution in [1.82, 2.24) is 5.32 Å². The SMILES string of the molecule is CNC(c1ccc2c(c1)CCC2)C1C2CCCC21. The number of hydrogen-bond acceptors (Lipinski definition) is 1. The number of aryl methyl sites for hydroxylation is 2. The second kappa shape index (κ2) is 4.09. The first-order chi connectivity index (χ1) is 8.88. The molecule has 1 heteroatoms. The minimum atomic E-state index is 0.617. The first-order valence-electron chi connectivity index (χ1n) is 7.67. The molecule has 0 heterocycles. The minimum Gasteiger partial charge on any atom is -0.313 e.